The van der Waals surface area contributed by atoms with E-state index in [4.69, 9.17) is 4.74 Å². The number of ether oxygens (including phenoxy) is 1. The standard InChI is InChI=1S/C25H29N3O4/c1-3-15-26-24(30)22(27-23(29)19-9-11-21(32-2)12-10-19)18-13-16-28(17-14-18)25(31)20-7-5-4-6-8-20/h3-12,18,22H,1,13-17H2,2H3,(H,26,30)(H,27,29). The second-order valence-corrected chi connectivity index (χ2v) is 7.71. The first-order valence-electron chi connectivity index (χ1n) is 10.7. The zero-order chi connectivity index (χ0) is 22.9. The van der Waals surface area contributed by atoms with E-state index in [9.17, 15) is 14.4 Å². The topological polar surface area (TPSA) is 87.7 Å². The van der Waals surface area contributed by atoms with Crippen LogP contribution in [0.25, 0.3) is 0 Å². The van der Waals surface area contributed by atoms with Gasteiger partial charge >= 0.3 is 0 Å². The van der Waals surface area contributed by atoms with Gasteiger partial charge in [-0.25, -0.2) is 0 Å². The normalized spacial score (nSPS) is 14.8. The van der Waals surface area contributed by atoms with Gasteiger partial charge in [-0.2, -0.15) is 0 Å². The van der Waals surface area contributed by atoms with Crippen molar-refractivity contribution in [1.82, 2.24) is 15.5 Å². The summed E-state index contributed by atoms with van der Waals surface area (Å²) in [7, 11) is 1.56. The molecule has 2 aromatic rings. The van der Waals surface area contributed by atoms with Crippen molar-refractivity contribution in [2.45, 2.75) is 18.9 Å². The van der Waals surface area contributed by atoms with Gasteiger partial charge in [0.15, 0.2) is 0 Å². The molecule has 1 fully saturated rings. The van der Waals surface area contributed by atoms with Gasteiger partial charge in [-0.1, -0.05) is 24.3 Å². The molecule has 0 radical (unpaired) electrons. The molecular formula is C25H29N3O4. The number of nitrogens with zero attached hydrogens (tertiary/aromatic N) is 1. The summed E-state index contributed by atoms with van der Waals surface area (Å²) in [5.74, 6) is -0.0214. The predicted molar refractivity (Wildman–Crippen MR) is 123 cm³/mol. The maximum atomic E-state index is 12.8. The predicted octanol–water partition coefficient (Wildman–Crippen LogP) is 2.65. The van der Waals surface area contributed by atoms with Crippen LogP contribution in [0, 0.1) is 5.92 Å². The van der Waals surface area contributed by atoms with Crippen molar-refractivity contribution in [1.29, 1.82) is 0 Å². The van der Waals surface area contributed by atoms with Crippen LogP contribution in [0.1, 0.15) is 33.6 Å². The SMILES string of the molecule is C=CCNC(=O)C(NC(=O)c1ccc(OC)cc1)C1CCN(C(=O)c2ccccc2)CC1. The summed E-state index contributed by atoms with van der Waals surface area (Å²) in [5, 5.41) is 5.69. The lowest BCUT2D eigenvalue weighted by molar-refractivity contribution is -0.124. The first-order chi connectivity index (χ1) is 15.5. The average molecular weight is 436 g/mol. The minimum Gasteiger partial charge on any atom is -0.497 e. The van der Waals surface area contributed by atoms with Crippen LogP contribution in [0.2, 0.25) is 0 Å². The monoisotopic (exact) mass is 435 g/mol. The number of rotatable bonds is 8. The number of carbonyl (C=O) groups is 3. The van der Waals surface area contributed by atoms with Crippen molar-refractivity contribution in [3.63, 3.8) is 0 Å². The second kappa shape index (κ2) is 11.1. The summed E-state index contributed by atoms with van der Waals surface area (Å²) in [5.41, 5.74) is 1.10. The molecule has 32 heavy (non-hydrogen) atoms. The summed E-state index contributed by atoms with van der Waals surface area (Å²) in [4.78, 5) is 40.2. The number of likely N-dealkylation sites (tertiary alicyclic amines) is 1. The van der Waals surface area contributed by atoms with E-state index < -0.39 is 6.04 Å². The molecule has 168 valence electrons. The molecule has 1 unspecified atom stereocenters. The summed E-state index contributed by atoms with van der Waals surface area (Å²) < 4.78 is 5.13. The molecule has 0 bridgehead atoms. The second-order valence-electron chi connectivity index (χ2n) is 7.71. The zero-order valence-corrected chi connectivity index (χ0v) is 18.3. The lowest BCUT2D eigenvalue weighted by Crippen LogP contribution is -2.53. The molecule has 1 saturated heterocycles. The summed E-state index contributed by atoms with van der Waals surface area (Å²) in [6, 6.07) is 15.2. The largest absolute Gasteiger partial charge is 0.497 e. The third-order valence-electron chi connectivity index (χ3n) is 5.66. The number of piperidine rings is 1. The Bertz CT molecular complexity index is 935. The molecule has 3 rings (SSSR count). The van der Waals surface area contributed by atoms with Gasteiger partial charge in [-0.05, 0) is 55.2 Å². The Morgan fingerprint density at radius 1 is 1.06 bits per heavy atom. The Hall–Kier alpha value is -3.61. The molecule has 2 aromatic carbocycles. The molecule has 0 aromatic heterocycles. The fourth-order valence-electron chi connectivity index (χ4n) is 3.85. The molecule has 7 heteroatoms. The minimum atomic E-state index is -0.696. The number of nitrogens with one attached hydrogen (secondary N) is 2. The van der Waals surface area contributed by atoms with E-state index in [0.717, 1.165) is 0 Å². The zero-order valence-electron chi connectivity index (χ0n) is 18.3. The highest BCUT2D eigenvalue weighted by Gasteiger charge is 2.34. The number of methoxy groups -OCH3 is 1. The van der Waals surface area contributed by atoms with Crippen LogP contribution in [-0.2, 0) is 4.79 Å². The summed E-state index contributed by atoms with van der Waals surface area (Å²) in [6.07, 6.45) is 2.84. The van der Waals surface area contributed by atoms with Gasteiger partial charge in [0, 0.05) is 30.8 Å². The molecular weight excluding hydrogens is 406 g/mol. The number of hydrogen-bond donors (Lipinski definition) is 2. The first-order valence-corrected chi connectivity index (χ1v) is 10.7. The highest BCUT2D eigenvalue weighted by Crippen LogP contribution is 2.23. The molecule has 1 heterocycles. The number of hydrogen-bond acceptors (Lipinski definition) is 4. The first kappa shape index (κ1) is 23.1. The van der Waals surface area contributed by atoms with Gasteiger partial charge in [0.25, 0.3) is 11.8 Å². The van der Waals surface area contributed by atoms with Crippen LogP contribution in [0.3, 0.4) is 0 Å². The molecule has 2 N–H and O–H groups in total. The third kappa shape index (κ3) is 5.75. The Balaban J connectivity index is 1.67. The van der Waals surface area contributed by atoms with E-state index in [1.807, 2.05) is 18.2 Å². The lowest BCUT2D eigenvalue weighted by Gasteiger charge is -2.35. The Labute approximate surface area is 188 Å². The third-order valence-corrected chi connectivity index (χ3v) is 5.66. The van der Waals surface area contributed by atoms with Crippen molar-refractivity contribution in [2.24, 2.45) is 5.92 Å². The highest BCUT2D eigenvalue weighted by molar-refractivity contribution is 5.98. The fraction of sp³-hybridized carbons (Fsp3) is 0.320. The summed E-state index contributed by atoms with van der Waals surface area (Å²) >= 11 is 0. The number of benzene rings is 2. The maximum Gasteiger partial charge on any atom is 0.253 e. The van der Waals surface area contributed by atoms with E-state index in [1.54, 1.807) is 54.5 Å². The van der Waals surface area contributed by atoms with E-state index in [2.05, 4.69) is 17.2 Å². The lowest BCUT2D eigenvalue weighted by atomic mass is 9.88. The Kier molecular flexibility index (Phi) is 8.02. The van der Waals surface area contributed by atoms with Gasteiger partial charge in [0.1, 0.15) is 11.8 Å². The van der Waals surface area contributed by atoms with Crippen molar-refractivity contribution in [2.75, 3.05) is 26.7 Å². The van der Waals surface area contributed by atoms with Crippen LogP contribution in [0.4, 0.5) is 0 Å². The van der Waals surface area contributed by atoms with E-state index in [1.165, 1.54) is 0 Å². The van der Waals surface area contributed by atoms with Crippen molar-refractivity contribution >= 4 is 17.7 Å². The van der Waals surface area contributed by atoms with Gasteiger partial charge in [0.2, 0.25) is 5.91 Å². The van der Waals surface area contributed by atoms with E-state index in [0.29, 0.717) is 49.4 Å². The molecule has 0 saturated carbocycles. The average Bonchev–Trinajstić information content (AvgIpc) is 2.86. The molecule has 1 atom stereocenters. The summed E-state index contributed by atoms with van der Waals surface area (Å²) in [6.45, 7) is 5.01. The molecule has 0 spiro atoms. The fourth-order valence-corrected chi connectivity index (χ4v) is 3.85. The quantitative estimate of drug-likeness (QED) is 0.624. The van der Waals surface area contributed by atoms with Crippen LogP contribution in [-0.4, -0.2) is 55.4 Å². The Morgan fingerprint density at radius 2 is 1.72 bits per heavy atom. The van der Waals surface area contributed by atoms with Crippen molar-refractivity contribution in [3.8, 4) is 5.75 Å². The van der Waals surface area contributed by atoms with Gasteiger partial charge in [0.05, 0.1) is 7.11 Å². The van der Waals surface area contributed by atoms with Crippen LogP contribution in [0.15, 0.2) is 67.3 Å². The van der Waals surface area contributed by atoms with Crippen LogP contribution in [0.5, 0.6) is 5.75 Å². The van der Waals surface area contributed by atoms with Crippen molar-refractivity contribution in [3.05, 3.63) is 78.4 Å². The van der Waals surface area contributed by atoms with Crippen LogP contribution < -0.4 is 15.4 Å². The molecule has 1 aliphatic heterocycles. The molecule has 7 nitrogen and oxygen atoms in total. The molecule has 0 aliphatic carbocycles. The van der Waals surface area contributed by atoms with E-state index >= 15 is 0 Å². The Morgan fingerprint density at radius 3 is 2.31 bits per heavy atom. The minimum absolute atomic E-state index is 0.0148. The maximum absolute atomic E-state index is 12.8. The van der Waals surface area contributed by atoms with E-state index in [-0.39, 0.29) is 23.6 Å². The van der Waals surface area contributed by atoms with Crippen molar-refractivity contribution < 1.29 is 19.1 Å². The van der Waals surface area contributed by atoms with Gasteiger partial charge in [-0.3, -0.25) is 14.4 Å². The smallest absolute Gasteiger partial charge is 0.253 e. The van der Waals surface area contributed by atoms with Gasteiger partial charge < -0.3 is 20.3 Å². The molecule has 1 aliphatic rings. The number of carbonyl (C=O) groups excluding carboxylic acids is 3. The highest BCUT2D eigenvalue weighted by atomic mass is 16.5. The van der Waals surface area contributed by atoms with Crippen LogP contribution >= 0.6 is 0 Å². The van der Waals surface area contributed by atoms with Gasteiger partial charge in [-0.15, -0.1) is 6.58 Å². The number of amides is 3. The molecule has 3 amide bonds.